The Hall–Kier alpha value is -3.96. The van der Waals surface area contributed by atoms with Gasteiger partial charge in [-0.3, -0.25) is 4.79 Å². The van der Waals surface area contributed by atoms with Crippen molar-refractivity contribution in [3.05, 3.63) is 45.8 Å². The normalized spacial score (nSPS) is 12.7. The van der Waals surface area contributed by atoms with Crippen LogP contribution >= 0.6 is 11.3 Å². The number of sulfonamides is 1. The van der Waals surface area contributed by atoms with E-state index in [1.54, 1.807) is 0 Å². The minimum absolute atomic E-state index is 0.0193. The van der Waals surface area contributed by atoms with Crippen molar-refractivity contribution in [2.45, 2.75) is 30.7 Å². The number of rotatable bonds is 8. The maximum Gasteiger partial charge on any atom is 0.409 e. The summed E-state index contributed by atoms with van der Waals surface area (Å²) in [5.41, 5.74) is 1.31. The summed E-state index contributed by atoms with van der Waals surface area (Å²) < 4.78 is 31.7. The van der Waals surface area contributed by atoms with E-state index in [0.717, 1.165) is 14.7 Å². The Morgan fingerprint density at radius 1 is 1.14 bits per heavy atom. The molecule has 0 radical (unpaired) electrons. The van der Waals surface area contributed by atoms with Crippen LogP contribution in [0.3, 0.4) is 0 Å². The van der Waals surface area contributed by atoms with E-state index in [4.69, 9.17) is 15.3 Å². The zero-order valence-electron chi connectivity index (χ0n) is 19.4. The van der Waals surface area contributed by atoms with Gasteiger partial charge in [-0.2, -0.15) is 20.1 Å². The van der Waals surface area contributed by atoms with Gasteiger partial charge in [0.15, 0.2) is 0 Å². The smallest absolute Gasteiger partial charge is 0.409 e. The van der Waals surface area contributed by atoms with Crippen LogP contribution in [0.5, 0.6) is 0 Å². The van der Waals surface area contributed by atoms with Gasteiger partial charge in [0, 0.05) is 42.9 Å². The number of hydrogen-bond donors (Lipinski definition) is 1. The summed E-state index contributed by atoms with van der Waals surface area (Å²) in [6.45, 7) is 0.582. The SMILES string of the molecule is COC(=O)N1CCc2c(sc(NC(=O)c3ccc(S(=O)(=O)N(CCC#N)CCC#N)cc3)c2C#N)C1. The largest absolute Gasteiger partial charge is 0.453 e. The minimum atomic E-state index is -3.96. The quantitative estimate of drug-likeness (QED) is 0.548. The van der Waals surface area contributed by atoms with E-state index in [2.05, 4.69) is 11.4 Å². The van der Waals surface area contributed by atoms with Crippen LogP contribution in [0.25, 0.3) is 0 Å². The molecule has 2 heterocycles. The molecule has 2 aromatic rings. The molecule has 36 heavy (non-hydrogen) atoms. The van der Waals surface area contributed by atoms with E-state index in [-0.39, 0.29) is 42.9 Å². The second-order valence-corrected chi connectivity index (χ2v) is 10.7. The van der Waals surface area contributed by atoms with Crippen LogP contribution in [-0.4, -0.2) is 56.4 Å². The summed E-state index contributed by atoms with van der Waals surface area (Å²) >= 11 is 1.21. The third-order valence-corrected chi connectivity index (χ3v) is 8.57. The topological polar surface area (TPSA) is 167 Å². The Kier molecular flexibility index (Phi) is 8.62. The highest BCUT2D eigenvalue weighted by atomic mass is 32.2. The molecule has 1 aliphatic heterocycles. The standard InChI is InChI=1S/C23H22N6O5S2/c1-34-23(31)28-13-8-18-19(14-26)22(35-20(18)15-28)27-21(30)16-4-6-17(7-5-16)36(32,33)29(11-2-9-24)12-3-10-25/h4-7H,2-3,8,11-13,15H2,1H3,(H,27,30). The molecule has 2 amide bonds. The fourth-order valence-electron chi connectivity index (χ4n) is 3.70. The van der Waals surface area contributed by atoms with Gasteiger partial charge in [-0.25, -0.2) is 13.2 Å². The fraction of sp³-hybridized carbons (Fsp3) is 0.348. The second-order valence-electron chi connectivity index (χ2n) is 7.66. The van der Waals surface area contributed by atoms with Crippen molar-refractivity contribution in [2.24, 2.45) is 0 Å². The lowest BCUT2D eigenvalue weighted by molar-refractivity contribution is 0.102. The highest BCUT2D eigenvalue weighted by Gasteiger charge is 2.28. The molecule has 1 N–H and O–H groups in total. The van der Waals surface area contributed by atoms with Gasteiger partial charge in [-0.05, 0) is 36.2 Å². The van der Waals surface area contributed by atoms with Crippen LogP contribution in [-0.2, 0) is 27.7 Å². The first-order valence-electron chi connectivity index (χ1n) is 10.8. The number of nitrogens with one attached hydrogen (secondary N) is 1. The molecule has 0 fully saturated rings. The Morgan fingerprint density at radius 3 is 2.33 bits per heavy atom. The number of nitriles is 3. The maximum absolute atomic E-state index is 12.9. The van der Waals surface area contributed by atoms with Crippen molar-refractivity contribution < 1.29 is 22.7 Å². The number of hydrogen-bond acceptors (Lipinski definition) is 9. The first-order chi connectivity index (χ1) is 17.3. The number of amides is 2. The molecular formula is C23H22N6O5S2. The molecule has 0 spiro atoms. The number of carbonyl (C=O) groups excluding carboxylic acids is 2. The average molecular weight is 527 g/mol. The minimum Gasteiger partial charge on any atom is -0.453 e. The molecule has 0 saturated carbocycles. The summed E-state index contributed by atoms with van der Waals surface area (Å²) in [5.74, 6) is -0.523. The van der Waals surface area contributed by atoms with Crippen molar-refractivity contribution in [1.82, 2.24) is 9.21 Å². The van der Waals surface area contributed by atoms with Crippen LogP contribution in [0.4, 0.5) is 9.80 Å². The number of methoxy groups -OCH3 is 1. The van der Waals surface area contributed by atoms with Gasteiger partial charge in [0.2, 0.25) is 10.0 Å². The van der Waals surface area contributed by atoms with Crippen molar-refractivity contribution in [2.75, 3.05) is 32.1 Å². The van der Waals surface area contributed by atoms with E-state index in [1.807, 2.05) is 12.1 Å². The highest BCUT2D eigenvalue weighted by Crippen LogP contribution is 2.37. The predicted molar refractivity (Wildman–Crippen MR) is 129 cm³/mol. The molecule has 0 bridgehead atoms. The zero-order chi connectivity index (χ0) is 26.3. The lowest BCUT2D eigenvalue weighted by Gasteiger charge is -2.25. The van der Waals surface area contributed by atoms with E-state index >= 15 is 0 Å². The number of benzene rings is 1. The molecule has 0 aliphatic carbocycles. The third kappa shape index (κ3) is 5.64. The Balaban J connectivity index is 1.78. The molecule has 1 aromatic carbocycles. The summed E-state index contributed by atoms with van der Waals surface area (Å²) in [4.78, 5) is 26.9. The van der Waals surface area contributed by atoms with E-state index in [0.29, 0.717) is 23.5 Å². The van der Waals surface area contributed by atoms with Crippen LogP contribution in [0.15, 0.2) is 29.2 Å². The van der Waals surface area contributed by atoms with Gasteiger partial charge in [-0.15, -0.1) is 11.3 Å². The monoisotopic (exact) mass is 526 g/mol. The van der Waals surface area contributed by atoms with Gasteiger partial charge < -0.3 is 15.0 Å². The number of carbonyl (C=O) groups is 2. The molecular weight excluding hydrogens is 504 g/mol. The molecule has 1 aliphatic rings. The van der Waals surface area contributed by atoms with Crippen LogP contribution in [0, 0.1) is 34.0 Å². The second kappa shape index (κ2) is 11.6. The Bertz CT molecular complexity index is 1360. The highest BCUT2D eigenvalue weighted by molar-refractivity contribution is 7.89. The van der Waals surface area contributed by atoms with Crippen LogP contribution in [0.2, 0.25) is 0 Å². The molecule has 13 heteroatoms. The first kappa shape index (κ1) is 26.6. The molecule has 1 aromatic heterocycles. The fourth-order valence-corrected chi connectivity index (χ4v) is 6.35. The number of thiophene rings is 1. The average Bonchev–Trinajstić information content (AvgIpc) is 3.24. The van der Waals surface area contributed by atoms with Gasteiger partial charge in [0.25, 0.3) is 5.91 Å². The molecule has 0 atom stereocenters. The van der Waals surface area contributed by atoms with E-state index in [1.165, 1.54) is 47.6 Å². The molecule has 186 valence electrons. The number of ether oxygens (including phenoxy) is 1. The number of nitrogens with zero attached hydrogens (tertiary/aromatic N) is 5. The predicted octanol–water partition coefficient (Wildman–Crippen LogP) is 2.81. The van der Waals surface area contributed by atoms with Crippen molar-refractivity contribution in [3.8, 4) is 18.2 Å². The molecule has 0 saturated heterocycles. The van der Waals surface area contributed by atoms with Crippen LogP contribution in [0.1, 0.15) is 39.2 Å². The summed E-state index contributed by atoms with van der Waals surface area (Å²) in [5, 5.41) is 30.4. The van der Waals surface area contributed by atoms with Gasteiger partial charge in [-0.1, -0.05) is 0 Å². The van der Waals surface area contributed by atoms with E-state index < -0.39 is 22.0 Å². The summed E-state index contributed by atoms with van der Waals surface area (Å²) in [6.07, 6.45) is -0.0456. The first-order valence-corrected chi connectivity index (χ1v) is 13.1. The van der Waals surface area contributed by atoms with E-state index in [9.17, 15) is 23.3 Å². The zero-order valence-corrected chi connectivity index (χ0v) is 21.0. The molecule has 11 nitrogen and oxygen atoms in total. The van der Waals surface area contributed by atoms with Crippen molar-refractivity contribution in [3.63, 3.8) is 0 Å². The van der Waals surface area contributed by atoms with Crippen molar-refractivity contribution >= 4 is 38.4 Å². The Labute approximate surface area is 212 Å². The lowest BCUT2D eigenvalue weighted by Crippen LogP contribution is -2.35. The van der Waals surface area contributed by atoms with Crippen molar-refractivity contribution in [1.29, 1.82) is 15.8 Å². The molecule has 0 unspecified atom stereocenters. The number of fused-ring (bicyclic) bond motifs is 1. The van der Waals surface area contributed by atoms with Gasteiger partial charge in [0.05, 0.1) is 36.3 Å². The third-order valence-electron chi connectivity index (χ3n) is 5.53. The maximum atomic E-state index is 12.9. The van der Waals surface area contributed by atoms with Gasteiger partial charge >= 0.3 is 6.09 Å². The van der Waals surface area contributed by atoms with Gasteiger partial charge in [0.1, 0.15) is 11.1 Å². The molecule has 3 rings (SSSR count). The van der Waals surface area contributed by atoms with Crippen LogP contribution < -0.4 is 5.32 Å². The number of anilines is 1. The summed E-state index contributed by atoms with van der Waals surface area (Å²) in [7, 11) is -2.66. The lowest BCUT2D eigenvalue weighted by atomic mass is 10.0. The Morgan fingerprint density at radius 2 is 1.78 bits per heavy atom. The summed E-state index contributed by atoms with van der Waals surface area (Å²) in [6, 6.07) is 11.2.